The molecule has 2 N–H and O–H groups in total. The first kappa shape index (κ1) is 30.1. The molecule has 2 heterocycles. The number of aryl methyl sites for hydroxylation is 1. The van der Waals surface area contributed by atoms with Crippen LogP contribution in [-0.4, -0.2) is 48.8 Å². The van der Waals surface area contributed by atoms with Gasteiger partial charge in [-0.25, -0.2) is 9.35 Å². The molecule has 0 saturated heterocycles. The van der Waals surface area contributed by atoms with E-state index in [4.69, 9.17) is 26.2 Å². The van der Waals surface area contributed by atoms with Gasteiger partial charge in [-0.2, -0.15) is 0 Å². The molecule has 2 aromatic carbocycles. The number of fused-ring (bicyclic) bond motifs is 2. The Morgan fingerprint density at radius 2 is 2.07 bits per heavy atom. The lowest BCUT2D eigenvalue weighted by Crippen LogP contribution is -2.47. The van der Waals surface area contributed by atoms with Crippen LogP contribution in [0, 0.1) is 11.8 Å². The van der Waals surface area contributed by atoms with Gasteiger partial charge in [0.15, 0.2) is 0 Å². The lowest BCUT2D eigenvalue weighted by molar-refractivity contribution is 0.0133. The Bertz CT molecular complexity index is 1440. The van der Waals surface area contributed by atoms with Crippen LogP contribution in [0.15, 0.2) is 52.9 Å². The monoisotopic (exact) mass is 599 g/mol. The molecule has 1 aliphatic carbocycles. The highest BCUT2D eigenvalue weighted by atomic mass is 35.5. The highest BCUT2D eigenvalue weighted by Crippen LogP contribution is 2.44. The number of ether oxygens (including phenoxy) is 2. The number of benzene rings is 2. The molecule has 1 unspecified atom stereocenters. The van der Waals surface area contributed by atoms with Crippen LogP contribution < -0.4 is 14.8 Å². The molecule has 0 radical (unpaired) electrons. The quantitative estimate of drug-likeness (QED) is 0.415. The zero-order valence-corrected chi connectivity index (χ0v) is 25.9. The van der Waals surface area contributed by atoms with Crippen LogP contribution in [0.1, 0.15) is 67.4 Å². The van der Waals surface area contributed by atoms with E-state index in [-0.39, 0.29) is 17.3 Å². The first-order valence-corrected chi connectivity index (χ1v) is 16.8. The molecule has 1 fully saturated rings. The number of nitrogens with two attached hydrogens (primary N) is 1. The van der Waals surface area contributed by atoms with Gasteiger partial charge >= 0.3 is 0 Å². The third-order valence-corrected chi connectivity index (χ3v) is 10.4. The molecule has 5 rings (SSSR count). The number of hydrogen-bond donors (Lipinski definition) is 1. The summed E-state index contributed by atoms with van der Waals surface area (Å²) in [4.78, 5) is 15.6. The van der Waals surface area contributed by atoms with Crippen LogP contribution in [0.4, 0.5) is 5.69 Å². The van der Waals surface area contributed by atoms with E-state index in [0.717, 1.165) is 48.7 Å². The van der Waals surface area contributed by atoms with E-state index in [2.05, 4.69) is 47.4 Å². The van der Waals surface area contributed by atoms with Gasteiger partial charge in [-0.05, 0) is 85.4 Å². The summed E-state index contributed by atoms with van der Waals surface area (Å²) in [5.74, 6) is 1.16. The standard InChI is InChI=1S/C32H42ClN3O4S/c1-4-8-22-17-25(33)12-14-27(22)32(2)20-36-19-24-10-13-26(24)29(39-3)9-6-5-7-16-41(34,38)35-31(37)23-11-15-30(40-21-32)28(36)18-23/h6,9,11-12,14-15,17-18,24,26,29H,4-5,7-8,10,13,16,19-21H2,1-3H3,(H2,34,35,37,38)/b9-6+/t24-,26+,29-,32-,41?/m0/s1. The number of hydrogen-bond acceptors (Lipinski definition) is 5. The molecular formula is C32H42ClN3O4S. The normalized spacial score (nSPS) is 31.2. The van der Waals surface area contributed by atoms with E-state index < -0.39 is 15.8 Å². The van der Waals surface area contributed by atoms with Crippen LogP contribution >= 0.6 is 11.6 Å². The fraction of sp³-hybridized carbons (Fsp3) is 0.531. The fourth-order valence-corrected chi connectivity index (χ4v) is 7.82. The lowest BCUT2D eigenvalue weighted by atomic mass is 9.69. The summed E-state index contributed by atoms with van der Waals surface area (Å²) in [5.41, 5.74) is 3.37. The number of anilines is 1. The highest BCUT2D eigenvalue weighted by molar-refractivity contribution is 7.91. The second kappa shape index (κ2) is 12.5. The maximum absolute atomic E-state index is 13.2. The van der Waals surface area contributed by atoms with Crippen molar-refractivity contribution >= 4 is 33.1 Å². The number of methoxy groups -OCH3 is 1. The third-order valence-electron chi connectivity index (χ3n) is 8.87. The van der Waals surface area contributed by atoms with E-state index in [1.165, 1.54) is 11.1 Å². The zero-order chi connectivity index (χ0) is 29.2. The maximum Gasteiger partial charge on any atom is 0.286 e. The number of nitrogens with zero attached hydrogens (tertiary/aromatic N) is 2. The molecule has 5 atom stereocenters. The van der Waals surface area contributed by atoms with Gasteiger partial charge in [0.25, 0.3) is 5.91 Å². The number of halogens is 1. The molecule has 0 spiro atoms. The average Bonchev–Trinajstić information content (AvgIpc) is 3.06. The van der Waals surface area contributed by atoms with E-state index in [1.807, 2.05) is 18.2 Å². The van der Waals surface area contributed by atoms with Gasteiger partial charge in [0.1, 0.15) is 15.7 Å². The lowest BCUT2D eigenvalue weighted by Gasteiger charge is -2.44. The number of carbonyl (C=O) groups excluding carboxylic acids is 1. The molecule has 2 aromatic rings. The van der Waals surface area contributed by atoms with Gasteiger partial charge in [0.05, 0.1) is 18.4 Å². The smallest absolute Gasteiger partial charge is 0.286 e. The van der Waals surface area contributed by atoms with Gasteiger partial charge in [-0.15, -0.1) is 4.36 Å². The second-order valence-electron chi connectivity index (χ2n) is 12.0. The summed E-state index contributed by atoms with van der Waals surface area (Å²) in [6.07, 6.45) is 9.70. The Labute approximate surface area is 249 Å². The summed E-state index contributed by atoms with van der Waals surface area (Å²) in [6.45, 7) is 6.43. The van der Waals surface area contributed by atoms with Crippen LogP contribution in [0.25, 0.3) is 0 Å². The van der Waals surface area contributed by atoms with Crippen molar-refractivity contribution < 1.29 is 18.5 Å². The molecule has 7 nitrogen and oxygen atoms in total. The minimum Gasteiger partial charge on any atom is -0.490 e. The fourth-order valence-electron chi connectivity index (χ4n) is 6.57. The first-order chi connectivity index (χ1) is 19.6. The van der Waals surface area contributed by atoms with Gasteiger partial charge in [0.2, 0.25) is 0 Å². The highest BCUT2D eigenvalue weighted by Gasteiger charge is 2.41. The molecule has 2 bridgehead atoms. The van der Waals surface area contributed by atoms with E-state index in [9.17, 15) is 9.00 Å². The van der Waals surface area contributed by atoms with E-state index >= 15 is 0 Å². The van der Waals surface area contributed by atoms with Crippen LogP contribution in [-0.2, 0) is 26.5 Å². The molecule has 41 heavy (non-hydrogen) atoms. The molecule has 9 heteroatoms. The maximum atomic E-state index is 13.2. The number of rotatable bonds is 4. The summed E-state index contributed by atoms with van der Waals surface area (Å²) in [7, 11) is -1.37. The van der Waals surface area contributed by atoms with Crippen LogP contribution in [0.2, 0.25) is 5.02 Å². The molecular weight excluding hydrogens is 558 g/mol. The Kier molecular flexibility index (Phi) is 9.14. The predicted molar refractivity (Wildman–Crippen MR) is 166 cm³/mol. The first-order valence-electron chi connectivity index (χ1n) is 14.7. The van der Waals surface area contributed by atoms with Crippen molar-refractivity contribution in [3.63, 3.8) is 0 Å². The van der Waals surface area contributed by atoms with Gasteiger partial charge in [0, 0.05) is 42.0 Å². The minimum absolute atomic E-state index is 0.0167. The molecule has 1 amide bonds. The topological polar surface area (TPSA) is 94.2 Å². The molecule has 222 valence electrons. The van der Waals surface area contributed by atoms with Crippen molar-refractivity contribution in [3.05, 3.63) is 70.3 Å². The zero-order valence-electron chi connectivity index (χ0n) is 24.3. The Balaban J connectivity index is 1.59. The van der Waals surface area contributed by atoms with Gasteiger partial charge < -0.3 is 14.4 Å². The second-order valence-corrected chi connectivity index (χ2v) is 14.4. The minimum atomic E-state index is -3.14. The van der Waals surface area contributed by atoms with Crippen molar-refractivity contribution in [2.45, 2.75) is 63.9 Å². The van der Waals surface area contributed by atoms with Crippen molar-refractivity contribution in [1.82, 2.24) is 0 Å². The van der Waals surface area contributed by atoms with E-state index in [0.29, 0.717) is 43.4 Å². The van der Waals surface area contributed by atoms with Crippen molar-refractivity contribution in [3.8, 4) is 5.75 Å². The van der Waals surface area contributed by atoms with Crippen LogP contribution in [0.3, 0.4) is 0 Å². The van der Waals surface area contributed by atoms with Crippen LogP contribution in [0.5, 0.6) is 5.75 Å². The summed E-state index contributed by atoms with van der Waals surface area (Å²) < 4.78 is 29.4. The summed E-state index contributed by atoms with van der Waals surface area (Å²) >= 11 is 6.43. The number of carbonyl (C=O) groups is 1. The average molecular weight is 600 g/mol. The number of allylic oxidation sites excluding steroid dienone is 1. The number of amides is 1. The SMILES string of the molecule is CCCc1cc(Cl)ccc1[C@]1(C)COc2ccc3cc2N(C[C@@H]2CC[C@H]2[C@@H](OC)/C=C/CCCS(N)(=O)=NC3=O)C1. The van der Waals surface area contributed by atoms with Gasteiger partial charge in [-0.1, -0.05) is 50.1 Å². The predicted octanol–water partition coefficient (Wildman–Crippen LogP) is 6.32. The summed E-state index contributed by atoms with van der Waals surface area (Å²) in [5, 5.41) is 6.74. The molecule has 0 aromatic heterocycles. The Hall–Kier alpha value is -2.39. The largest absolute Gasteiger partial charge is 0.490 e. The van der Waals surface area contributed by atoms with Gasteiger partial charge in [-0.3, -0.25) is 4.79 Å². The Morgan fingerprint density at radius 3 is 2.80 bits per heavy atom. The summed E-state index contributed by atoms with van der Waals surface area (Å²) in [6, 6.07) is 11.6. The molecule has 1 saturated carbocycles. The molecule has 3 aliphatic rings. The third kappa shape index (κ3) is 6.66. The van der Waals surface area contributed by atoms with Crippen molar-refractivity contribution in [1.29, 1.82) is 0 Å². The van der Waals surface area contributed by atoms with Crippen molar-refractivity contribution in [2.24, 2.45) is 21.3 Å². The Morgan fingerprint density at radius 1 is 1.24 bits per heavy atom. The van der Waals surface area contributed by atoms with E-state index in [1.54, 1.807) is 13.2 Å². The molecule has 2 aliphatic heterocycles. The van der Waals surface area contributed by atoms with Crippen molar-refractivity contribution in [2.75, 3.05) is 37.5 Å².